The van der Waals surface area contributed by atoms with Crippen molar-refractivity contribution in [1.82, 2.24) is 0 Å². The molecule has 0 aliphatic heterocycles. The number of hydrogen-bond donors (Lipinski definition) is 2. The first-order valence-corrected chi connectivity index (χ1v) is 5.87. The number of ether oxygens (including phenoxy) is 1. The minimum Gasteiger partial charge on any atom is -0.465 e. The van der Waals surface area contributed by atoms with E-state index >= 15 is 0 Å². The van der Waals surface area contributed by atoms with Crippen molar-refractivity contribution < 1.29 is 22.7 Å². The van der Waals surface area contributed by atoms with Crippen LogP contribution in [0, 0.1) is 0 Å². The molecule has 4 N–H and O–H groups in total. The molecule has 1 aromatic carbocycles. The summed E-state index contributed by atoms with van der Waals surface area (Å²) in [6, 6.07) is 3.65. The van der Waals surface area contributed by atoms with Crippen molar-refractivity contribution in [2.45, 2.75) is 4.90 Å². The average molecular weight is 258 g/mol. The maximum absolute atomic E-state index is 11.4. The SMILES string of the molecule is COC(=O)c1cccc(C(N)=O)c1S(N)(=O)=O. The number of primary sulfonamides is 1. The predicted octanol–water partition coefficient (Wildman–Crippen LogP) is -0.780. The molecule has 0 aromatic heterocycles. The van der Waals surface area contributed by atoms with Gasteiger partial charge in [0.25, 0.3) is 0 Å². The van der Waals surface area contributed by atoms with Crippen LogP contribution in [0.15, 0.2) is 23.1 Å². The minimum atomic E-state index is -4.27. The highest BCUT2D eigenvalue weighted by Gasteiger charge is 2.25. The number of sulfonamides is 1. The van der Waals surface area contributed by atoms with E-state index in [1.54, 1.807) is 0 Å². The van der Waals surface area contributed by atoms with E-state index in [0.29, 0.717) is 0 Å². The lowest BCUT2D eigenvalue weighted by Gasteiger charge is -2.09. The molecule has 1 rings (SSSR count). The molecule has 0 spiro atoms. The molecule has 92 valence electrons. The Morgan fingerprint density at radius 3 is 2.18 bits per heavy atom. The number of benzene rings is 1. The predicted molar refractivity (Wildman–Crippen MR) is 57.7 cm³/mol. The summed E-state index contributed by atoms with van der Waals surface area (Å²) < 4.78 is 27.1. The highest BCUT2D eigenvalue weighted by atomic mass is 32.2. The van der Waals surface area contributed by atoms with Gasteiger partial charge in [-0.1, -0.05) is 6.07 Å². The van der Waals surface area contributed by atoms with E-state index in [2.05, 4.69) is 4.74 Å². The number of amides is 1. The minimum absolute atomic E-state index is 0.327. The van der Waals surface area contributed by atoms with Crippen molar-refractivity contribution >= 4 is 21.9 Å². The Balaban J connectivity index is 3.69. The third-order valence-corrected chi connectivity index (χ3v) is 2.98. The summed E-state index contributed by atoms with van der Waals surface area (Å²) in [4.78, 5) is 21.8. The fourth-order valence-corrected chi connectivity index (χ4v) is 2.24. The van der Waals surface area contributed by atoms with Gasteiger partial charge in [-0.15, -0.1) is 0 Å². The number of esters is 1. The van der Waals surface area contributed by atoms with Crippen LogP contribution < -0.4 is 10.9 Å². The number of hydrogen-bond acceptors (Lipinski definition) is 5. The van der Waals surface area contributed by atoms with Gasteiger partial charge in [-0.05, 0) is 12.1 Å². The Morgan fingerprint density at radius 1 is 1.24 bits per heavy atom. The van der Waals surface area contributed by atoms with Crippen LogP contribution in [0.4, 0.5) is 0 Å². The highest BCUT2D eigenvalue weighted by Crippen LogP contribution is 2.20. The fourth-order valence-electron chi connectivity index (χ4n) is 1.31. The lowest BCUT2D eigenvalue weighted by atomic mass is 10.1. The third-order valence-electron chi connectivity index (χ3n) is 1.97. The second-order valence-corrected chi connectivity index (χ2v) is 4.58. The summed E-state index contributed by atoms with van der Waals surface area (Å²) in [5.41, 5.74) is 4.33. The zero-order valence-corrected chi connectivity index (χ0v) is 9.65. The van der Waals surface area contributed by atoms with Crippen molar-refractivity contribution in [3.8, 4) is 0 Å². The second kappa shape index (κ2) is 4.52. The maximum atomic E-state index is 11.4. The lowest BCUT2D eigenvalue weighted by Crippen LogP contribution is -2.24. The van der Waals surface area contributed by atoms with Crippen LogP contribution in [0.25, 0.3) is 0 Å². The van der Waals surface area contributed by atoms with Gasteiger partial charge in [-0.25, -0.2) is 18.4 Å². The van der Waals surface area contributed by atoms with E-state index in [9.17, 15) is 18.0 Å². The number of methoxy groups -OCH3 is 1. The summed E-state index contributed by atoms with van der Waals surface area (Å²) in [6.45, 7) is 0. The number of carbonyl (C=O) groups is 2. The molecule has 1 amide bonds. The summed E-state index contributed by atoms with van der Waals surface area (Å²) in [6.07, 6.45) is 0. The van der Waals surface area contributed by atoms with Crippen LogP contribution in [0.5, 0.6) is 0 Å². The van der Waals surface area contributed by atoms with E-state index in [1.807, 2.05) is 0 Å². The van der Waals surface area contributed by atoms with Crippen molar-refractivity contribution in [3.05, 3.63) is 29.3 Å². The van der Waals surface area contributed by atoms with Crippen LogP contribution in [0.3, 0.4) is 0 Å². The third kappa shape index (κ3) is 2.60. The molecule has 1 aromatic rings. The van der Waals surface area contributed by atoms with E-state index in [0.717, 1.165) is 13.2 Å². The topological polar surface area (TPSA) is 130 Å². The molecule has 0 heterocycles. The van der Waals surface area contributed by atoms with Gasteiger partial charge in [0.1, 0.15) is 4.90 Å². The number of carbonyl (C=O) groups excluding carboxylic acids is 2. The molecule has 0 saturated carbocycles. The Hall–Kier alpha value is -1.93. The first-order valence-electron chi connectivity index (χ1n) is 4.33. The van der Waals surface area contributed by atoms with E-state index < -0.39 is 26.8 Å². The van der Waals surface area contributed by atoms with Crippen LogP contribution in [0.2, 0.25) is 0 Å². The Morgan fingerprint density at radius 2 is 1.76 bits per heavy atom. The van der Waals surface area contributed by atoms with Crippen LogP contribution in [-0.2, 0) is 14.8 Å². The summed E-state index contributed by atoms with van der Waals surface area (Å²) in [5, 5.41) is 4.95. The largest absolute Gasteiger partial charge is 0.465 e. The van der Waals surface area contributed by atoms with Gasteiger partial charge in [0.2, 0.25) is 15.9 Å². The molecular formula is C9H10N2O5S. The summed E-state index contributed by atoms with van der Waals surface area (Å²) in [7, 11) is -3.19. The van der Waals surface area contributed by atoms with Crippen molar-refractivity contribution in [2.75, 3.05) is 7.11 Å². The van der Waals surface area contributed by atoms with Gasteiger partial charge in [-0.2, -0.15) is 0 Å². The molecule has 8 heteroatoms. The molecule has 0 aliphatic carbocycles. The average Bonchev–Trinajstić information content (AvgIpc) is 2.25. The van der Waals surface area contributed by atoms with Gasteiger partial charge < -0.3 is 10.5 Å². The van der Waals surface area contributed by atoms with Crippen LogP contribution in [0.1, 0.15) is 20.7 Å². The van der Waals surface area contributed by atoms with Gasteiger partial charge in [0.15, 0.2) is 0 Å². The number of primary amides is 1. The van der Waals surface area contributed by atoms with Crippen molar-refractivity contribution in [1.29, 1.82) is 0 Å². The molecule has 0 radical (unpaired) electrons. The van der Waals surface area contributed by atoms with Crippen LogP contribution >= 0.6 is 0 Å². The van der Waals surface area contributed by atoms with E-state index in [1.165, 1.54) is 12.1 Å². The normalized spacial score (nSPS) is 10.9. The van der Waals surface area contributed by atoms with Gasteiger partial charge in [-0.3, -0.25) is 4.79 Å². The van der Waals surface area contributed by atoms with Crippen molar-refractivity contribution in [3.63, 3.8) is 0 Å². The molecule has 0 unspecified atom stereocenters. The first kappa shape index (κ1) is 13.1. The maximum Gasteiger partial charge on any atom is 0.339 e. The standard InChI is InChI=1S/C9H10N2O5S/c1-16-9(13)6-4-2-3-5(8(10)12)7(6)17(11,14)15/h2-4H,1H3,(H2,10,12)(H2,11,14,15). The van der Waals surface area contributed by atoms with Gasteiger partial charge in [0.05, 0.1) is 18.2 Å². The van der Waals surface area contributed by atoms with Crippen molar-refractivity contribution in [2.24, 2.45) is 10.9 Å². The van der Waals surface area contributed by atoms with Crippen LogP contribution in [-0.4, -0.2) is 27.4 Å². The molecule has 7 nitrogen and oxygen atoms in total. The molecule has 0 atom stereocenters. The Labute approximate surface area is 97.4 Å². The quantitative estimate of drug-likeness (QED) is 0.687. The summed E-state index contributed by atoms with van der Waals surface area (Å²) in [5.74, 6) is -1.92. The smallest absolute Gasteiger partial charge is 0.339 e. The fraction of sp³-hybridized carbons (Fsp3) is 0.111. The monoisotopic (exact) mass is 258 g/mol. The molecule has 0 saturated heterocycles. The lowest BCUT2D eigenvalue weighted by molar-refractivity contribution is 0.0596. The Kier molecular flexibility index (Phi) is 3.49. The zero-order chi connectivity index (χ0) is 13.2. The van der Waals surface area contributed by atoms with Gasteiger partial charge in [0, 0.05) is 0 Å². The summed E-state index contributed by atoms with van der Waals surface area (Å²) >= 11 is 0. The number of nitrogens with two attached hydrogens (primary N) is 2. The molecule has 17 heavy (non-hydrogen) atoms. The first-order chi connectivity index (χ1) is 7.79. The molecule has 0 fully saturated rings. The van der Waals surface area contributed by atoms with E-state index in [-0.39, 0.29) is 11.1 Å². The highest BCUT2D eigenvalue weighted by molar-refractivity contribution is 7.89. The molecular weight excluding hydrogens is 248 g/mol. The van der Waals surface area contributed by atoms with Gasteiger partial charge >= 0.3 is 5.97 Å². The Bertz CT molecular complexity index is 579. The second-order valence-electron chi connectivity index (χ2n) is 3.08. The molecule has 0 bridgehead atoms. The zero-order valence-electron chi connectivity index (χ0n) is 8.84. The number of rotatable bonds is 3. The van der Waals surface area contributed by atoms with E-state index in [4.69, 9.17) is 10.9 Å². The molecule has 0 aliphatic rings.